The molecule has 3 unspecified atom stereocenters. The fraction of sp³-hybridized carbons (Fsp3) is 0.750. The second kappa shape index (κ2) is 9.42. The number of hydrogen-bond acceptors (Lipinski definition) is 8. The third-order valence-corrected chi connectivity index (χ3v) is 8.19. The van der Waals surface area contributed by atoms with Crippen LogP contribution in [-0.4, -0.2) is 58.9 Å². The van der Waals surface area contributed by atoms with Gasteiger partial charge in [-0.3, -0.25) is 9.98 Å². The van der Waals surface area contributed by atoms with Gasteiger partial charge >= 0.3 is 8.03 Å². The monoisotopic (exact) mass is 454 g/mol. The number of nitrogens with one attached hydrogen (secondary N) is 1. The van der Waals surface area contributed by atoms with Gasteiger partial charge in [-0.25, -0.2) is 9.97 Å². The molecule has 6 atom stereocenters. The highest BCUT2D eigenvalue weighted by Gasteiger charge is 2.49. The number of aliphatic hydroxyl groups is 2. The number of fused-ring (bicyclic) bond motifs is 1. The van der Waals surface area contributed by atoms with E-state index in [0.717, 1.165) is 12.8 Å². The van der Waals surface area contributed by atoms with E-state index in [1.54, 1.807) is 7.05 Å². The number of nitrogens with zero attached hydrogens (tertiary/aromatic N) is 4. The first-order chi connectivity index (χ1) is 14.7. The molecule has 0 radical (unpaired) electrons. The van der Waals surface area contributed by atoms with Crippen LogP contribution >= 0.6 is 8.03 Å². The molecule has 172 valence electrons. The van der Waals surface area contributed by atoms with Crippen molar-refractivity contribution in [1.29, 1.82) is 5.41 Å². The Morgan fingerprint density at radius 1 is 1.26 bits per heavy atom. The number of rotatable bonds is 9. The maximum atomic E-state index is 12.7. The van der Waals surface area contributed by atoms with Gasteiger partial charge in [0.05, 0.1) is 18.8 Å². The molecule has 0 aliphatic carbocycles. The molecule has 2 aromatic rings. The Labute approximate surface area is 182 Å². The molecule has 1 saturated heterocycles. The van der Waals surface area contributed by atoms with Gasteiger partial charge < -0.3 is 19.5 Å². The van der Waals surface area contributed by atoms with Gasteiger partial charge in [-0.1, -0.05) is 20.8 Å². The summed E-state index contributed by atoms with van der Waals surface area (Å²) in [6, 6.07) is 0. The first-order valence-electron chi connectivity index (χ1n) is 10.8. The van der Waals surface area contributed by atoms with E-state index in [-0.39, 0.29) is 17.6 Å². The van der Waals surface area contributed by atoms with Gasteiger partial charge in [-0.2, -0.15) is 0 Å². The first kappa shape index (κ1) is 23.9. The standard InChI is InChI=1S/C20H33N5O5P/c1-6-12(7-2)31(28)30-20(4,8-3)9-13-15(26)16(27)19(29-13)25-11-22-14-17(21)24(5)10-23-18(14)25/h10-13,15-16,19,21,26-27H,6-9H2,1-5H3/q+1/t13-,15-,16-,19?,20?/m1/s1. The number of aryl methyl sites for hydroxylation is 1. The van der Waals surface area contributed by atoms with Gasteiger partial charge in [0.1, 0.15) is 23.3 Å². The van der Waals surface area contributed by atoms with Crippen molar-refractivity contribution in [3.05, 3.63) is 18.1 Å². The summed E-state index contributed by atoms with van der Waals surface area (Å²) in [5, 5.41) is 29.5. The number of hydrogen-bond donors (Lipinski definition) is 3. The van der Waals surface area contributed by atoms with Crippen molar-refractivity contribution in [1.82, 2.24) is 19.1 Å². The van der Waals surface area contributed by atoms with Crippen LogP contribution in [0.2, 0.25) is 0 Å². The van der Waals surface area contributed by atoms with Crippen LogP contribution in [0.3, 0.4) is 0 Å². The molecule has 0 amide bonds. The lowest BCUT2D eigenvalue weighted by Gasteiger charge is -2.27. The lowest BCUT2D eigenvalue weighted by Crippen LogP contribution is -2.38. The minimum atomic E-state index is -1.86. The summed E-state index contributed by atoms with van der Waals surface area (Å²) >= 11 is 0. The van der Waals surface area contributed by atoms with Crippen molar-refractivity contribution in [3.63, 3.8) is 0 Å². The van der Waals surface area contributed by atoms with E-state index in [2.05, 4.69) is 9.97 Å². The first-order valence-corrected chi connectivity index (χ1v) is 12.0. The molecule has 31 heavy (non-hydrogen) atoms. The molecule has 2 aromatic heterocycles. The zero-order valence-corrected chi connectivity index (χ0v) is 19.6. The van der Waals surface area contributed by atoms with E-state index in [0.29, 0.717) is 17.6 Å². The van der Waals surface area contributed by atoms with E-state index in [1.165, 1.54) is 21.8 Å². The molecule has 3 rings (SSSR count). The third-order valence-electron chi connectivity index (χ3n) is 6.24. The predicted octanol–water partition coefficient (Wildman–Crippen LogP) is 2.37. The van der Waals surface area contributed by atoms with E-state index >= 15 is 0 Å². The van der Waals surface area contributed by atoms with Crippen molar-refractivity contribution in [3.8, 4) is 0 Å². The van der Waals surface area contributed by atoms with Gasteiger partial charge in [-0.15, -0.1) is 4.52 Å². The molecule has 0 saturated carbocycles. The largest absolute Gasteiger partial charge is 0.511 e. The van der Waals surface area contributed by atoms with Crippen LogP contribution in [-0.2, 0) is 20.9 Å². The lowest BCUT2D eigenvalue weighted by atomic mass is 9.93. The SMILES string of the molecule is CCC(CC)[P+](=O)OC(C)(CC)C[C@H]1OC(n2cnc3c(=N)n(C)cnc32)[C@H](O)[C@@H]1O. The Bertz CT molecular complexity index is 990. The summed E-state index contributed by atoms with van der Waals surface area (Å²) in [6.45, 7) is 7.78. The average Bonchev–Trinajstić information content (AvgIpc) is 3.28. The summed E-state index contributed by atoms with van der Waals surface area (Å²) in [6.07, 6.45) is 1.36. The molecule has 11 heteroatoms. The quantitative estimate of drug-likeness (QED) is 0.495. The van der Waals surface area contributed by atoms with Crippen molar-refractivity contribution in [2.24, 2.45) is 7.05 Å². The Hall–Kier alpha value is -1.71. The van der Waals surface area contributed by atoms with Gasteiger partial charge in [0, 0.05) is 13.5 Å². The molecule has 0 spiro atoms. The summed E-state index contributed by atoms with van der Waals surface area (Å²) in [5.41, 5.74) is 0.171. The molecule has 3 N–H and O–H groups in total. The topological polar surface area (TPSA) is 135 Å². The van der Waals surface area contributed by atoms with Gasteiger partial charge in [-0.05, 0) is 30.8 Å². The Morgan fingerprint density at radius 2 is 1.94 bits per heavy atom. The minimum Gasteiger partial charge on any atom is -0.388 e. The van der Waals surface area contributed by atoms with Crippen LogP contribution in [0.5, 0.6) is 0 Å². The lowest BCUT2D eigenvalue weighted by molar-refractivity contribution is -0.0622. The predicted molar refractivity (Wildman–Crippen MR) is 115 cm³/mol. The summed E-state index contributed by atoms with van der Waals surface area (Å²) in [5.74, 6) is 0. The molecule has 10 nitrogen and oxygen atoms in total. The van der Waals surface area contributed by atoms with Crippen molar-refractivity contribution < 1.29 is 24.0 Å². The van der Waals surface area contributed by atoms with E-state index in [4.69, 9.17) is 14.7 Å². The highest BCUT2D eigenvalue weighted by Crippen LogP contribution is 2.43. The summed E-state index contributed by atoms with van der Waals surface area (Å²) in [4.78, 5) is 8.54. The van der Waals surface area contributed by atoms with Crippen LogP contribution in [0.1, 0.15) is 59.6 Å². The fourth-order valence-corrected chi connectivity index (χ4v) is 5.26. The van der Waals surface area contributed by atoms with Crippen molar-refractivity contribution in [2.45, 2.75) is 89.2 Å². The zero-order valence-electron chi connectivity index (χ0n) is 18.7. The Morgan fingerprint density at radius 3 is 2.55 bits per heavy atom. The summed E-state index contributed by atoms with van der Waals surface area (Å²) in [7, 11) is -0.158. The van der Waals surface area contributed by atoms with Crippen LogP contribution in [0.15, 0.2) is 12.7 Å². The maximum Gasteiger partial charge on any atom is 0.511 e. The highest BCUT2D eigenvalue weighted by molar-refractivity contribution is 7.40. The Kier molecular flexibility index (Phi) is 7.28. The average molecular weight is 454 g/mol. The van der Waals surface area contributed by atoms with E-state index in [9.17, 15) is 14.8 Å². The molecule has 0 aromatic carbocycles. The van der Waals surface area contributed by atoms with Crippen LogP contribution in [0.25, 0.3) is 11.2 Å². The molecule has 3 heterocycles. The summed E-state index contributed by atoms with van der Waals surface area (Å²) < 4.78 is 27.8. The molecule has 1 aliphatic rings. The molecule has 1 fully saturated rings. The Balaban J connectivity index is 1.81. The molecule has 1 aliphatic heterocycles. The highest BCUT2D eigenvalue weighted by atomic mass is 31.1. The second-order valence-electron chi connectivity index (χ2n) is 8.43. The number of ether oxygens (including phenoxy) is 1. The maximum absolute atomic E-state index is 12.7. The zero-order chi connectivity index (χ0) is 22.9. The van der Waals surface area contributed by atoms with Crippen molar-refractivity contribution in [2.75, 3.05) is 0 Å². The van der Waals surface area contributed by atoms with E-state index in [1.807, 2.05) is 27.7 Å². The molecule has 0 bridgehead atoms. The van der Waals surface area contributed by atoms with Gasteiger partial charge in [0.2, 0.25) is 0 Å². The number of aliphatic hydroxyl groups excluding tert-OH is 2. The van der Waals surface area contributed by atoms with Gasteiger partial charge in [0.25, 0.3) is 0 Å². The number of imidazole rings is 1. The third kappa shape index (κ3) is 4.59. The normalized spacial score (nSPS) is 26.5. The second-order valence-corrected chi connectivity index (χ2v) is 9.91. The van der Waals surface area contributed by atoms with Crippen LogP contribution in [0.4, 0.5) is 0 Å². The van der Waals surface area contributed by atoms with Gasteiger partial charge in [0.15, 0.2) is 23.0 Å². The smallest absolute Gasteiger partial charge is 0.388 e. The van der Waals surface area contributed by atoms with Crippen molar-refractivity contribution >= 4 is 19.2 Å². The number of aromatic nitrogens is 4. The fourth-order valence-electron chi connectivity index (χ4n) is 3.88. The minimum absolute atomic E-state index is 0.0163. The van der Waals surface area contributed by atoms with E-state index < -0.39 is 38.2 Å². The van der Waals surface area contributed by atoms with Crippen LogP contribution in [0, 0.1) is 5.41 Å². The molecular formula is C20H33N5O5P+. The molecular weight excluding hydrogens is 421 g/mol. The van der Waals surface area contributed by atoms with Crippen LogP contribution < -0.4 is 5.49 Å².